The lowest BCUT2D eigenvalue weighted by molar-refractivity contribution is -0.122. The molecule has 1 aromatic rings. The SMILES string of the molecule is CC(C)(C)NC(=O)CCn1c(C(C)(C)C)c[nH]c1=S. The number of carbonyl (C=O) groups is 1. The Hall–Kier alpha value is -1.10. The fraction of sp³-hybridized carbons (Fsp3) is 0.714. The van der Waals surface area contributed by atoms with E-state index in [1.807, 2.05) is 31.5 Å². The predicted octanol–water partition coefficient (Wildman–Crippen LogP) is 3.15. The van der Waals surface area contributed by atoms with Crippen LogP contribution in [0.15, 0.2) is 6.20 Å². The van der Waals surface area contributed by atoms with E-state index in [0.29, 0.717) is 17.7 Å². The highest BCUT2D eigenvalue weighted by atomic mass is 32.1. The van der Waals surface area contributed by atoms with Crippen molar-refractivity contribution >= 4 is 18.1 Å². The van der Waals surface area contributed by atoms with Crippen LogP contribution in [0, 0.1) is 4.77 Å². The Balaban J connectivity index is 2.77. The molecule has 0 aromatic carbocycles. The third-order valence-electron chi connectivity index (χ3n) is 2.71. The number of rotatable bonds is 3. The molecule has 4 nitrogen and oxygen atoms in total. The zero-order chi connectivity index (χ0) is 14.8. The van der Waals surface area contributed by atoms with E-state index >= 15 is 0 Å². The molecular weight excluding hydrogens is 258 g/mol. The molecule has 1 heterocycles. The van der Waals surface area contributed by atoms with Crippen LogP contribution in [0.1, 0.15) is 53.7 Å². The van der Waals surface area contributed by atoms with Gasteiger partial charge in [-0.25, -0.2) is 0 Å². The summed E-state index contributed by atoms with van der Waals surface area (Å²) in [5.41, 5.74) is 0.943. The number of imidazole rings is 1. The molecule has 0 bridgehead atoms. The van der Waals surface area contributed by atoms with Gasteiger partial charge in [0.15, 0.2) is 4.77 Å². The van der Waals surface area contributed by atoms with Crippen LogP contribution in [0.3, 0.4) is 0 Å². The molecule has 0 aliphatic rings. The lowest BCUT2D eigenvalue weighted by atomic mass is 9.92. The van der Waals surface area contributed by atoms with Crippen molar-refractivity contribution in [1.29, 1.82) is 0 Å². The summed E-state index contributed by atoms with van der Waals surface area (Å²) in [7, 11) is 0. The second-order valence-corrected chi connectivity index (χ2v) is 7.32. The number of hydrogen-bond donors (Lipinski definition) is 2. The largest absolute Gasteiger partial charge is 0.351 e. The van der Waals surface area contributed by atoms with Gasteiger partial charge in [-0.2, -0.15) is 0 Å². The zero-order valence-electron chi connectivity index (χ0n) is 12.8. The first-order valence-corrected chi connectivity index (χ1v) is 7.01. The first-order chi connectivity index (χ1) is 8.50. The van der Waals surface area contributed by atoms with Crippen molar-refractivity contribution in [3.63, 3.8) is 0 Å². The summed E-state index contributed by atoms with van der Waals surface area (Å²) in [6, 6.07) is 0. The maximum atomic E-state index is 11.9. The van der Waals surface area contributed by atoms with Crippen LogP contribution in [0.4, 0.5) is 0 Å². The minimum absolute atomic E-state index is 0.00800. The third-order valence-corrected chi connectivity index (χ3v) is 3.05. The molecular formula is C14H25N3OS. The first kappa shape index (κ1) is 16.0. The Morgan fingerprint density at radius 3 is 2.37 bits per heavy atom. The summed E-state index contributed by atoms with van der Waals surface area (Å²) in [6.45, 7) is 13.0. The molecule has 19 heavy (non-hydrogen) atoms. The standard InChI is InChI=1S/C14H25N3OS/c1-13(2,3)10-9-15-12(19)17(10)8-7-11(18)16-14(4,5)6/h9H,7-8H2,1-6H3,(H,15,19)(H,16,18). The van der Waals surface area contributed by atoms with E-state index in [4.69, 9.17) is 12.2 Å². The first-order valence-electron chi connectivity index (χ1n) is 6.60. The van der Waals surface area contributed by atoms with Gasteiger partial charge in [-0.15, -0.1) is 0 Å². The number of nitrogens with one attached hydrogen (secondary N) is 2. The fourth-order valence-electron chi connectivity index (χ4n) is 1.93. The summed E-state index contributed by atoms with van der Waals surface area (Å²) in [4.78, 5) is 14.9. The van der Waals surface area contributed by atoms with E-state index < -0.39 is 0 Å². The highest BCUT2D eigenvalue weighted by molar-refractivity contribution is 7.71. The molecule has 2 N–H and O–H groups in total. The van der Waals surface area contributed by atoms with E-state index in [1.165, 1.54) is 0 Å². The van der Waals surface area contributed by atoms with E-state index in [1.54, 1.807) is 0 Å². The van der Waals surface area contributed by atoms with Gasteiger partial charge in [0.2, 0.25) is 5.91 Å². The second kappa shape index (κ2) is 5.49. The van der Waals surface area contributed by atoms with Gasteiger partial charge in [-0.05, 0) is 33.0 Å². The maximum absolute atomic E-state index is 11.9. The van der Waals surface area contributed by atoms with E-state index in [2.05, 4.69) is 31.1 Å². The van der Waals surface area contributed by atoms with E-state index in [-0.39, 0.29) is 16.9 Å². The molecule has 5 heteroatoms. The molecule has 0 radical (unpaired) electrons. The van der Waals surface area contributed by atoms with Crippen LogP contribution in [0.2, 0.25) is 0 Å². The molecule has 0 aliphatic carbocycles. The molecule has 0 atom stereocenters. The minimum atomic E-state index is -0.191. The number of carbonyl (C=O) groups excluding carboxylic acids is 1. The van der Waals surface area contributed by atoms with E-state index in [0.717, 1.165) is 5.69 Å². The molecule has 0 aliphatic heterocycles. The normalized spacial score (nSPS) is 12.5. The molecule has 108 valence electrons. The van der Waals surface area contributed by atoms with Crippen molar-refractivity contribution < 1.29 is 4.79 Å². The predicted molar refractivity (Wildman–Crippen MR) is 80.8 cm³/mol. The van der Waals surface area contributed by atoms with Gasteiger partial charge in [0.1, 0.15) is 0 Å². The van der Waals surface area contributed by atoms with Gasteiger partial charge < -0.3 is 14.9 Å². The Morgan fingerprint density at radius 2 is 1.89 bits per heavy atom. The Kier molecular flexibility index (Phi) is 4.61. The van der Waals surface area contributed by atoms with Crippen molar-refractivity contribution in [2.24, 2.45) is 0 Å². The van der Waals surface area contributed by atoms with Gasteiger partial charge in [-0.1, -0.05) is 20.8 Å². The lowest BCUT2D eigenvalue weighted by Gasteiger charge is -2.22. The highest BCUT2D eigenvalue weighted by Gasteiger charge is 2.20. The number of amides is 1. The molecule has 0 saturated heterocycles. The monoisotopic (exact) mass is 283 g/mol. The van der Waals surface area contributed by atoms with E-state index in [9.17, 15) is 4.79 Å². The topological polar surface area (TPSA) is 49.8 Å². The maximum Gasteiger partial charge on any atom is 0.222 e. The van der Waals surface area contributed by atoms with Gasteiger partial charge in [0.25, 0.3) is 0 Å². The molecule has 0 spiro atoms. The number of hydrogen-bond acceptors (Lipinski definition) is 2. The highest BCUT2D eigenvalue weighted by Crippen LogP contribution is 2.22. The lowest BCUT2D eigenvalue weighted by Crippen LogP contribution is -2.41. The number of aromatic nitrogens is 2. The smallest absolute Gasteiger partial charge is 0.222 e. The zero-order valence-corrected chi connectivity index (χ0v) is 13.6. The van der Waals surface area contributed by atoms with Gasteiger partial charge in [-0.3, -0.25) is 4.79 Å². The van der Waals surface area contributed by atoms with Crippen molar-refractivity contribution in [2.75, 3.05) is 0 Å². The average Bonchev–Trinajstić information content (AvgIpc) is 2.53. The van der Waals surface area contributed by atoms with Crippen LogP contribution in [0.5, 0.6) is 0 Å². The summed E-state index contributed by atoms with van der Waals surface area (Å²) < 4.78 is 2.69. The van der Waals surface area contributed by atoms with Crippen LogP contribution >= 0.6 is 12.2 Å². The minimum Gasteiger partial charge on any atom is -0.351 e. The molecule has 0 saturated carbocycles. The van der Waals surface area contributed by atoms with Crippen LogP contribution < -0.4 is 5.32 Å². The Morgan fingerprint density at radius 1 is 1.32 bits per heavy atom. The van der Waals surface area contributed by atoms with Crippen molar-refractivity contribution in [3.8, 4) is 0 Å². The summed E-state index contributed by atoms with van der Waals surface area (Å²) in [5, 5.41) is 2.96. The fourth-order valence-corrected chi connectivity index (χ4v) is 2.18. The summed E-state index contributed by atoms with van der Waals surface area (Å²) >= 11 is 5.28. The molecule has 1 amide bonds. The molecule has 1 rings (SSSR count). The molecule has 0 unspecified atom stereocenters. The number of H-pyrrole nitrogens is 1. The number of nitrogens with zero attached hydrogens (tertiary/aromatic N) is 1. The van der Waals surface area contributed by atoms with Crippen LogP contribution in [-0.2, 0) is 16.8 Å². The van der Waals surface area contributed by atoms with Crippen LogP contribution in [-0.4, -0.2) is 21.0 Å². The van der Waals surface area contributed by atoms with Gasteiger partial charge in [0, 0.05) is 35.8 Å². The van der Waals surface area contributed by atoms with Crippen molar-refractivity contribution in [2.45, 2.75) is 65.5 Å². The number of aromatic amines is 1. The Labute approximate surface area is 120 Å². The van der Waals surface area contributed by atoms with Crippen molar-refractivity contribution in [3.05, 3.63) is 16.7 Å². The van der Waals surface area contributed by atoms with Gasteiger partial charge in [0.05, 0.1) is 0 Å². The van der Waals surface area contributed by atoms with Gasteiger partial charge >= 0.3 is 0 Å². The summed E-state index contributed by atoms with van der Waals surface area (Å²) in [6.07, 6.45) is 2.37. The van der Waals surface area contributed by atoms with Crippen LogP contribution in [0.25, 0.3) is 0 Å². The third kappa shape index (κ3) is 4.82. The average molecular weight is 283 g/mol. The quantitative estimate of drug-likeness (QED) is 0.837. The Bertz CT molecular complexity index is 500. The van der Waals surface area contributed by atoms with Crippen molar-refractivity contribution in [1.82, 2.24) is 14.9 Å². The molecule has 0 fully saturated rings. The summed E-state index contributed by atoms with van der Waals surface area (Å²) in [5.74, 6) is 0.0514. The second-order valence-electron chi connectivity index (χ2n) is 6.93. The molecule has 1 aromatic heterocycles.